The van der Waals surface area contributed by atoms with Gasteiger partial charge in [0.05, 0.1) is 6.54 Å². The fourth-order valence-electron chi connectivity index (χ4n) is 2.20. The zero-order chi connectivity index (χ0) is 16.7. The van der Waals surface area contributed by atoms with Gasteiger partial charge in [0.2, 0.25) is 0 Å². The van der Waals surface area contributed by atoms with Gasteiger partial charge in [-0.3, -0.25) is 4.99 Å². The van der Waals surface area contributed by atoms with Crippen molar-refractivity contribution in [2.45, 2.75) is 26.0 Å². The third kappa shape index (κ3) is 5.32. The largest absolute Gasteiger partial charge is 0.486 e. The number of hydrogen-bond acceptors (Lipinski definition) is 4. The van der Waals surface area contributed by atoms with Gasteiger partial charge in [0.15, 0.2) is 17.5 Å². The topological polar surface area (TPSA) is 58.1 Å². The van der Waals surface area contributed by atoms with Gasteiger partial charge < -0.3 is 25.0 Å². The number of likely N-dealkylation sites (N-methyl/N-ethyl adjacent to an activating group) is 1. The van der Waals surface area contributed by atoms with Crippen LogP contribution in [0.1, 0.15) is 13.8 Å². The highest BCUT2D eigenvalue weighted by atomic mass is 16.6. The molecule has 0 saturated carbocycles. The van der Waals surface area contributed by atoms with E-state index in [1.54, 1.807) is 7.05 Å². The van der Waals surface area contributed by atoms with Crippen LogP contribution in [-0.2, 0) is 0 Å². The molecule has 128 valence electrons. The Kier molecular flexibility index (Phi) is 6.52. The summed E-state index contributed by atoms with van der Waals surface area (Å²) in [4.78, 5) is 6.52. The molecule has 0 aliphatic carbocycles. The van der Waals surface area contributed by atoms with Gasteiger partial charge >= 0.3 is 0 Å². The third-order valence-corrected chi connectivity index (χ3v) is 3.93. The molecule has 6 heteroatoms. The van der Waals surface area contributed by atoms with E-state index in [9.17, 15) is 0 Å². The zero-order valence-electron chi connectivity index (χ0n) is 14.5. The highest BCUT2D eigenvalue weighted by Gasteiger charge is 2.20. The predicted molar refractivity (Wildman–Crippen MR) is 93.5 cm³/mol. The lowest BCUT2D eigenvalue weighted by molar-refractivity contribution is 0.0936. The fraction of sp³-hybridized carbons (Fsp3) is 0.588. The standard InChI is InChI=1S/C17H28N4O2/c1-13(2)21(4)10-9-19-17(18-3)20-11-14-12-22-15-7-5-6-8-16(15)23-14/h5-8,13-14H,9-12H2,1-4H3,(H2,18,19,20). The van der Waals surface area contributed by atoms with Gasteiger partial charge in [0, 0.05) is 26.2 Å². The first-order valence-electron chi connectivity index (χ1n) is 8.13. The molecule has 0 amide bonds. The molecule has 0 aromatic heterocycles. The Morgan fingerprint density at radius 1 is 1.30 bits per heavy atom. The molecule has 1 aliphatic heterocycles. The van der Waals surface area contributed by atoms with Crippen molar-refractivity contribution in [3.63, 3.8) is 0 Å². The molecule has 1 aliphatic rings. The summed E-state index contributed by atoms with van der Waals surface area (Å²) < 4.78 is 11.6. The monoisotopic (exact) mass is 320 g/mol. The van der Waals surface area contributed by atoms with Gasteiger partial charge in [-0.15, -0.1) is 0 Å². The SMILES string of the molecule is CN=C(NCCN(C)C(C)C)NCC1COc2ccccc2O1. The molecule has 1 atom stereocenters. The Bertz CT molecular complexity index is 519. The van der Waals surface area contributed by atoms with Crippen molar-refractivity contribution in [3.8, 4) is 11.5 Å². The molecule has 1 unspecified atom stereocenters. The summed E-state index contributed by atoms with van der Waals surface area (Å²) in [5, 5.41) is 6.60. The lowest BCUT2D eigenvalue weighted by Crippen LogP contribution is -2.47. The van der Waals surface area contributed by atoms with E-state index in [0.29, 0.717) is 19.2 Å². The molecule has 0 radical (unpaired) electrons. The van der Waals surface area contributed by atoms with Crippen molar-refractivity contribution in [3.05, 3.63) is 24.3 Å². The van der Waals surface area contributed by atoms with Gasteiger partial charge in [-0.1, -0.05) is 12.1 Å². The van der Waals surface area contributed by atoms with Gasteiger partial charge in [0.1, 0.15) is 12.7 Å². The van der Waals surface area contributed by atoms with E-state index in [2.05, 4.69) is 41.4 Å². The molecule has 1 aromatic rings. The Balaban J connectivity index is 1.72. The maximum absolute atomic E-state index is 5.92. The van der Waals surface area contributed by atoms with E-state index in [4.69, 9.17) is 9.47 Å². The van der Waals surface area contributed by atoms with Crippen molar-refractivity contribution in [1.82, 2.24) is 15.5 Å². The fourth-order valence-corrected chi connectivity index (χ4v) is 2.20. The van der Waals surface area contributed by atoms with Crippen LogP contribution in [0, 0.1) is 0 Å². The molecule has 0 saturated heterocycles. The van der Waals surface area contributed by atoms with E-state index in [1.807, 2.05) is 24.3 Å². The molecule has 0 spiro atoms. The maximum atomic E-state index is 5.92. The molecule has 0 bridgehead atoms. The number of rotatable bonds is 6. The van der Waals surface area contributed by atoms with Crippen molar-refractivity contribution >= 4 is 5.96 Å². The average Bonchev–Trinajstić information content (AvgIpc) is 2.57. The summed E-state index contributed by atoms with van der Waals surface area (Å²) in [5.41, 5.74) is 0. The minimum absolute atomic E-state index is 0.0261. The summed E-state index contributed by atoms with van der Waals surface area (Å²) >= 11 is 0. The normalized spacial score (nSPS) is 17.5. The van der Waals surface area contributed by atoms with Crippen molar-refractivity contribution in [2.75, 3.05) is 40.3 Å². The first-order chi connectivity index (χ1) is 11.1. The molecule has 2 rings (SSSR count). The highest BCUT2D eigenvalue weighted by Crippen LogP contribution is 2.30. The second kappa shape index (κ2) is 8.62. The quantitative estimate of drug-likeness (QED) is 0.612. The van der Waals surface area contributed by atoms with E-state index in [1.165, 1.54) is 0 Å². The number of nitrogens with one attached hydrogen (secondary N) is 2. The minimum Gasteiger partial charge on any atom is -0.486 e. The van der Waals surface area contributed by atoms with Crippen LogP contribution in [0.5, 0.6) is 11.5 Å². The zero-order valence-corrected chi connectivity index (χ0v) is 14.5. The Morgan fingerprint density at radius 3 is 2.74 bits per heavy atom. The Morgan fingerprint density at radius 2 is 2.04 bits per heavy atom. The van der Waals surface area contributed by atoms with Gasteiger partial charge in [-0.25, -0.2) is 0 Å². The number of hydrogen-bond donors (Lipinski definition) is 2. The molecular formula is C17H28N4O2. The van der Waals surface area contributed by atoms with Crippen molar-refractivity contribution in [2.24, 2.45) is 4.99 Å². The first-order valence-corrected chi connectivity index (χ1v) is 8.13. The van der Waals surface area contributed by atoms with Crippen LogP contribution in [0.4, 0.5) is 0 Å². The molecule has 0 fully saturated rings. The van der Waals surface area contributed by atoms with E-state index in [-0.39, 0.29) is 6.10 Å². The maximum Gasteiger partial charge on any atom is 0.191 e. The smallest absolute Gasteiger partial charge is 0.191 e. The second-order valence-corrected chi connectivity index (χ2v) is 5.95. The van der Waals surface area contributed by atoms with E-state index < -0.39 is 0 Å². The summed E-state index contributed by atoms with van der Waals surface area (Å²) in [7, 11) is 3.89. The summed E-state index contributed by atoms with van der Waals surface area (Å²) in [6.45, 7) is 7.37. The number of nitrogens with zero attached hydrogens (tertiary/aromatic N) is 2. The molecular weight excluding hydrogens is 292 g/mol. The average molecular weight is 320 g/mol. The van der Waals surface area contributed by atoms with Crippen LogP contribution in [0.15, 0.2) is 29.3 Å². The summed E-state index contributed by atoms with van der Waals surface area (Å²) in [5.74, 6) is 2.39. The summed E-state index contributed by atoms with van der Waals surface area (Å²) in [6.07, 6.45) is -0.0261. The molecule has 2 N–H and O–H groups in total. The first kappa shape index (κ1) is 17.4. The summed E-state index contributed by atoms with van der Waals surface area (Å²) in [6, 6.07) is 8.28. The van der Waals surface area contributed by atoms with Gasteiger partial charge in [-0.05, 0) is 33.0 Å². The highest BCUT2D eigenvalue weighted by molar-refractivity contribution is 5.79. The second-order valence-electron chi connectivity index (χ2n) is 5.95. The van der Waals surface area contributed by atoms with Gasteiger partial charge in [0.25, 0.3) is 0 Å². The third-order valence-electron chi connectivity index (χ3n) is 3.93. The number of ether oxygens (including phenoxy) is 2. The predicted octanol–water partition coefficient (Wildman–Crippen LogP) is 1.33. The van der Waals surface area contributed by atoms with E-state index >= 15 is 0 Å². The Hall–Kier alpha value is -1.95. The number of fused-ring (bicyclic) bond motifs is 1. The number of benzene rings is 1. The van der Waals surface area contributed by atoms with E-state index in [0.717, 1.165) is 30.5 Å². The van der Waals surface area contributed by atoms with Crippen molar-refractivity contribution < 1.29 is 9.47 Å². The number of para-hydroxylation sites is 2. The van der Waals surface area contributed by atoms with Crippen molar-refractivity contribution in [1.29, 1.82) is 0 Å². The van der Waals surface area contributed by atoms with Crippen LogP contribution in [0.3, 0.4) is 0 Å². The lowest BCUT2D eigenvalue weighted by Gasteiger charge is -2.27. The van der Waals surface area contributed by atoms with Crippen LogP contribution in [-0.4, -0.2) is 63.3 Å². The molecule has 1 aromatic carbocycles. The minimum atomic E-state index is -0.0261. The van der Waals surface area contributed by atoms with Crippen LogP contribution >= 0.6 is 0 Å². The molecule has 6 nitrogen and oxygen atoms in total. The van der Waals surface area contributed by atoms with Crippen LogP contribution in [0.2, 0.25) is 0 Å². The number of guanidine groups is 1. The number of aliphatic imine (C=N–C) groups is 1. The lowest BCUT2D eigenvalue weighted by atomic mass is 10.2. The Labute approximate surface area is 138 Å². The van der Waals surface area contributed by atoms with Crippen LogP contribution < -0.4 is 20.1 Å². The molecule has 23 heavy (non-hydrogen) atoms. The molecule has 1 heterocycles. The van der Waals surface area contributed by atoms with Gasteiger partial charge in [-0.2, -0.15) is 0 Å². The van der Waals surface area contributed by atoms with Crippen LogP contribution in [0.25, 0.3) is 0 Å².